The van der Waals surface area contributed by atoms with E-state index in [1.54, 1.807) is 6.92 Å². The Balaban J connectivity index is 2.12. The van der Waals surface area contributed by atoms with Crippen molar-refractivity contribution in [2.45, 2.75) is 58.5 Å². The molecule has 5 nitrogen and oxygen atoms in total. The molecule has 1 heterocycles. The van der Waals surface area contributed by atoms with Gasteiger partial charge in [0.05, 0.1) is 19.7 Å². The van der Waals surface area contributed by atoms with E-state index >= 15 is 0 Å². The summed E-state index contributed by atoms with van der Waals surface area (Å²) in [7, 11) is 0. The third-order valence-electron chi connectivity index (χ3n) is 5.22. The SMILES string of the molecule is CCOC(=O)CN(CC(=O)N1CCCC[C@H]1CC)[C@@H](C)c1ccccc1. The topological polar surface area (TPSA) is 49.9 Å². The quantitative estimate of drug-likeness (QED) is 0.667. The predicted octanol–water partition coefficient (Wildman–Crippen LogP) is 3.40. The first-order valence-electron chi connectivity index (χ1n) is 9.80. The zero-order valence-electron chi connectivity index (χ0n) is 16.3. The summed E-state index contributed by atoms with van der Waals surface area (Å²) in [6.07, 6.45) is 4.32. The molecule has 2 rings (SSSR count). The highest BCUT2D eigenvalue weighted by molar-refractivity contribution is 5.80. The van der Waals surface area contributed by atoms with E-state index in [2.05, 4.69) is 6.92 Å². The van der Waals surface area contributed by atoms with Crippen LogP contribution in [0.2, 0.25) is 0 Å². The Hall–Kier alpha value is -1.88. The molecule has 0 N–H and O–H groups in total. The molecule has 1 aromatic carbocycles. The fraction of sp³-hybridized carbons (Fsp3) is 0.619. The van der Waals surface area contributed by atoms with E-state index in [-0.39, 0.29) is 31.0 Å². The Morgan fingerprint density at radius 1 is 1.19 bits per heavy atom. The molecule has 0 bridgehead atoms. The molecule has 1 aromatic rings. The standard InChI is InChI=1S/C21H32N2O3/c1-4-19-13-9-10-14-23(19)20(24)15-22(16-21(25)26-5-2)17(3)18-11-7-6-8-12-18/h6-8,11-12,17,19H,4-5,9-10,13-16H2,1-3H3/t17-,19+/m0/s1. The minimum Gasteiger partial charge on any atom is -0.465 e. The number of hydrogen-bond acceptors (Lipinski definition) is 4. The molecule has 26 heavy (non-hydrogen) atoms. The molecular formula is C21H32N2O3. The lowest BCUT2D eigenvalue weighted by Crippen LogP contribution is -2.49. The third kappa shape index (κ3) is 5.56. The maximum absolute atomic E-state index is 13.0. The zero-order valence-corrected chi connectivity index (χ0v) is 16.3. The van der Waals surface area contributed by atoms with Gasteiger partial charge < -0.3 is 9.64 Å². The van der Waals surface area contributed by atoms with Gasteiger partial charge >= 0.3 is 5.97 Å². The largest absolute Gasteiger partial charge is 0.465 e. The lowest BCUT2D eigenvalue weighted by molar-refractivity contribution is -0.146. The first-order valence-corrected chi connectivity index (χ1v) is 9.80. The molecule has 0 saturated carbocycles. The number of hydrogen-bond donors (Lipinski definition) is 0. The van der Waals surface area contributed by atoms with Gasteiger partial charge in [0.2, 0.25) is 5.91 Å². The Morgan fingerprint density at radius 2 is 1.92 bits per heavy atom. The molecular weight excluding hydrogens is 328 g/mol. The molecule has 1 aliphatic heterocycles. The molecule has 0 aliphatic carbocycles. The van der Waals surface area contributed by atoms with Gasteiger partial charge in [-0.1, -0.05) is 37.3 Å². The van der Waals surface area contributed by atoms with Gasteiger partial charge in [0, 0.05) is 18.6 Å². The lowest BCUT2D eigenvalue weighted by atomic mass is 10.00. The Bertz CT molecular complexity index is 576. The summed E-state index contributed by atoms with van der Waals surface area (Å²) in [5.41, 5.74) is 1.09. The zero-order chi connectivity index (χ0) is 18.9. The molecule has 5 heteroatoms. The second-order valence-corrected chi connectivity index (χ2v) is 6.94. The van der Waals surface area contributed by atoms with Crippen molar-refractivity contribution in [2.75, 3.05) is 26.2 Å². The second kappa shape index (κ2) is 10.3. The van der Waals surface area contributed by atoms with Crippen LogP contribution >= 0.6 is 0 Å². The van der Waals surface area contributed by atoms with Crippen molar-refractivity contribution in [3.63, 3.8) is 0 Å². The Morgan fingerprint density at radius 3 is 2.58 bits per heavy atom. The summed E-state index contributed by atoms with van der Waals surface area (Å²) in [6, 6.07) is 10.3. The molecule has 0 spiro atoms. The fourth-order valence-corrected chi connectivity index (χ4v) is 3.66. The average molecular weight is 360 g/mol. The summed E-state index contributed by atoms with van der Waals surface area (Å²) in [6.45, 7) is 7.52. The number of rotatable bonds is 8. The predicted molar refractivity (Wildman–Crippen MR) is 103 cm³/mol. The Kier molecular flexibility index (Phi) is 8.10. The minimum atomic E-state index is -0.284. The molecule has 0 unspecified atom stereocenters. The van der Waals surface area contributed by atoms with Gasteiger partial charge in [0.15, 0.2) is 0 Å². The van der Waals surface area contributed by atoms with Gasteiger partial charge in [0.1, 0.15) is 0 Å². The van der Waals surface area contributed by atoms with Crippen LogP contribution in [-0.4, -0.2) is 54.0 Å². The molecule has 1 aliphatic rings. The fourth-order valence-electron chi connectivity index (χ4n) is 3.66. The van der Waals surface area contributed by atoms with Gasteiger partial charge in [-0.3, -0.25) is 14.5 Å². The van der Waals surface area contributed by atoms with E-state index in [1.807, 2.05) is 47.1 Å². The number of ether oxygens (including phenoxy) is 1. The number of amides is 1. The lowest BCUT2D eigenvalue weighted by Gasteiger charge is -2.37. The van der Waals surface area contributed by atoms with Gasteiger partial charge in [-0.15, -0.1) is 0 Å². The van der Waals surface area contributed by atoms with Gasteiger partial charge in [-0.25, -0.2) is 0 Å². The summed E-state index contributed by atoms with van der Waals surface area (Å²) in [4.78, 5) is 29.0. The molecule has 144 valence electrons. The van der Waals surface area contributed by atoms with Gasteiger partial charge in [-0.2, -0.15) is 0 Å². The van der Waals surface area contributed by atoms with E-state index in [0.29, 0.717) is 12.6 Å². The number of benzene rings is 1. The van der Waals surface area contributed by atoms with Crippen LogP contribution in [0.5, 0.6) is 0 Å². The molecule has 0 radical (unpaired) electrons. The van der Waals surface area contributed by atoms with Crippen molar-refractivity contribution in [1.29, 1.82) is 0 Å². The molecule has 1 fully saturated rings. The van der Waals surface area contributed by atoms with E-state index in [1.165, 1.54) is 6.42 Å². The maximum Gasteiger partial charge on any atom is 0.320 e. The van der Waals surface area contributed by atoms with E-state index in [0.717, 1.165) is 31.4 Å². The number of nitrogens with zero attached hydrogens (tertiary/aromatic N) is 2. The smallest absolute Gasteiger partial charge is 0.320 e. The van der Waals surface area contributed by atoms with Crippen molar-refractivity contribution < 1.29 is 14.3 Å². The van der Waals surface area contributed by atoms with Crippen LogP contribution in [0.3, 0.4) is 0 Å². The highest BCUT2D eigenvalue weighted by Crippen LogP contribution is 2.23. The van der Waals surface area contributed by atoms with E-state index < -0.39 is 0 Å². The van der Waals surface area contributed by atoms with Gasteiger partial charge in [-0.05, 0) is 45.1 Å². The minimum absolute atomic E-state index is 0.0329. The molecule has 1 saturated heterocycles. The van der Waals surface area contributed by atoms with Crippen LogP contribution in [0.15, 0.2) is 30.3 Å². The van der Waals surface area contributed by atoms with Crippen LogP contribution in [0.1, 0.15) is 58.1 Å². The first kappa shape index (κ1) is 20.4. The van der Waals surface area contributed by atoms with Gasteiger partial charge in [0.25, 0.3) is 0 Å². The molecule has 0 aromatic heterocycles. The van der Waals surface area contributed by atoms with Crippen LogP contribution in [-0.2, 0) is 14.3 Å². The van der Waals surface area contributed by atoms with Crippen LogP contribution in [0, 0.1) is 0 Å². The maximum atomic E-state index is 13.0. The van der Waals surface area contributed by atoms with Crippen molar-refractivity contribution in [2.24, 2.45) is 0 Å². The third-order valence-corrected chi connectivity index (χ3v) is 5.22. The summed E-state index contributed by atoms with van der Waals surface area (Å²) < 4.78 is 5.12. The Labute approximate surface area is 157 Å². The first-order chi connectivity index (χ1) is 12.6. The van der Waals surface area contributed by atoms with Crippen molar-refractivity contribution in [3.8, 4) is 0 Å². The summed E-state index contributed by atoms with van der Waals surface area (Å²) >= 11 is 0. The summed E-state index contributed by atoms with van der Waals surface area (Å²) in [5.74, 6) is -0.169. The monoisotopic (exact) mass is 360 g/mol. The number of carbonyl (C=O) groups excluding carboxylic acids is 2. The number of carbonyl (C=O) groups is 2. The van der Waals surface area contributed by atoms with Crippen LogP contribution < -0.4 is 0 Å². The highest BCUT2D eigenvalue weighted by atomic mass is 16.5. The van der Waals surface area contributed by atoms with Crippen molar-refractivity contribution >= 4 is 11.9 Å². The normalized spacial score (nSPS) is 18.6. The van der Waals surface area contributed by atoms with Crippen molar-refractivity contribution in [1.82, 2.24) is 9.80 Å². The molecule has 2 atom stereocenters. The average Bonchev–Trinajstić information content (AvgIpc) is 2.67. The van der Waals surface area contributed by atoms with E-state index in [9.17, 15) is 9.59 Å². The number of piperidine rings is 1. The summed E-state index contributed by atoms with van der Waals surface area (Å²) in [5, 5.41) is 0. The highest BCUT2D eigenvalue weighted by Gasteiger charge is 2.29. The molecule has 1 amide bonds. The number of likely N-dealkylation sites (tertiary alicyclic amines) is 1. The second-order valence-electron chi connectivity index (χ2n) is 6.94. The van der Waals surface area contributed by atoms with Crippen molar-refractivity contribution in [3.05, 3.63) is 35.9 Å². The van der Waals surface area contributed by atoms with Crippen LogP contribution in [0.4, 0.5) is 0 Å². The number of esters is 1. The van der Waals surface area contributed by atoms with E-state index in [4.69, 9.17) is 4.74 Å². The van der Waals surface area contributed by atoms with Crippen LogP contribution in [0.25, 0.3) is 0 Å².